The molecule has 0 saturated heterocycles. The molecule has 2 fully saturated rings. The zero-order chi connectivity index (χ0) is 12.4. The third kappa shape index (κ3) is 3.96. The Hall–Kier alpha value is -0.0800. The monoisotopic (exact) mass is 239 g/mol. The summed E-state index contributed by atoms with van der Waals surface area (Å²) < 4.78 is 0. The standard InChI is InChI=1S/C15H29NO/c1-14(2)8-10-15(17,11-9-14)12-16-13-6-4-3-5-7-13/h13,16-17H,3-12H2,1-2H3. The van der Waals surface area contributed by atoms with Gasteiger partial charge in [-0.3, -0.25) is 0 Å². The molecule has 0 aromatic carbocycles. The normalized spacial score (nSPS) is 29.1. The lowest BCUT2D eigenvalue weighted by Crippen LogP contribution is -2.48. The van der Waals surface area contributed by atoms with Crippen LogP contribution in [0.5, 0.6) is 0 Å². The minimum absolute atomic E-state index is 0.424. The molecule has 0 heterocycles. The summed E-state index contributed by atoms with van der Waals surface area (Å²) in [6, 6.07) is 0.669. The van der Waals surface area contributed by atoms with Gasteiger partial charge in [-0.15, -0.1) is 0 Å². The number of rotatable bonds is 3. The lowest BCUT2D eigenvalue weighted by molar-refractivity contribution is -0.0267. The van der Waals surface area contributed by atoms with Crippen molar-refractivity contribution in [3.05, 3.63) is 0 Å². The molecule has 0 aromatic heterocycles. The molecule has 2 rings (SSSR count). The summed E-state index contributed by atoms with van der Waals surface area (Å²) in [6.07, 6.45) is 11.0. The average molecular weight is 239 g/mol. The van der Waals surface area contributed by atoms with E-state index >= 15 is 0 Å². The van der Waals surface area contributed by atoms with Gasteiger partial charge in [-0.05, 0) is 43.9 Å². The summed E-state index contributed by atoms with van der Waals surface area (Å²) in [4.78, 5) is 0. The lowest BCUT2D eigenvalue weighted by Gasteiger charge is -2.41. The molecule has 0 bridgehead atoms. The second-order valence-corrected chi connectivity index (χ2v) is 7.10. The highest BCUT2D eigenvalue weighted by Gasteiger charge is 2.36. The van der Waals surface area contributed by atoms with Gasteiger partial charge in [0.2, 0.25) is 0 Å². The van der Waals surface area contributed by atoms with E-state index in [0.29, 0.717) is 11.5 Å². The first-order valence-electron chi connectivity index (χ1n) is 7.45. The minimum atomic E-state index is -0.424. The van der Waals surface area contributed by atoms with Crippen LogP contribution in [0, 0.1) is 5.41 Å². The summed E-state index contributed by atoms with van der Waals surface area (Å²) in [6.45, 7) is 5.45. The second-order valence-electron chi connectivity index (χ2n) is 7.10. The van der Waals surface area contributed by atoms with Crippen LogP contribution in [-0.4, -0.2) is 23.3 Å². The predicted octanol–water partition coefficient (Wildman–Crippen LogP) is 3.24. The Kier molecular flexibility index (Phi) is 4.14. The van der Waals surface area contributed by atoms with Crippen molar-refractivity contribution in [1.82, 2.24) is 5.32 Å². The maximum absolute atomic E-state index is 10.6. The van der Waals surface area contributed by atoms with E-state index < -0.39 is 5.60 Å². The van der Waals surface area contributed by atoms with Gasteiger partial charge in [0.15, 0.2) is 0 Å². The van der Waals surface area contributed by atoms with E-state index in [9.17, 15) is 5.11 Å². The fraction of sp³-hybridized carbons (Fsp3) is 1.00. The van der Waals surface area contributed by atoms with E-state index in [1.165, 1.54) is 32.1 Å². The molecule has 100 valence electrons. The van der Waals surface area contributed by atoms with Crippen molar-refractivity contribution < 1.29 is 5.11 Å². The zero-order valence-corrected chi connectivity index (χ0v) is 11.6. The molecule has 0 spiro atoms. The topological polar surface area (TPSA) is 32.3 Å². The van der Waals surface area contributed by atoms with Gasteiger partial charge in [0.1, 0.15) is 0 Å². The van der Waals surface area contributed by atoms with Gasteiger partial charge >= 0.3 is 0 Å². The molecule has 2 aliphatic carbocycles. The maximum Gasteiger partial charge on any atom is 0.0772 e. The van der Waals surface area contributed by atoms with Crippen LogP contribution in [0.25, 0.3) is 0 Å². The molecule has 0 aliphatic heterocycles. The van der Waals surface area contributed by atoms with E-state index in [0.717, 1.165) is 32.2 Å². The van der Waals surface area contributed by atoms with Crippen LogP contribution < -0.4 is 5.32 Å². The van der Waals surface area contributed by atoms with Crippen LogP contribution in [0.1, 0.15) is 71.6 Å². The first-order valence-corrected chi connectivity index (χ1v) is 7.45. The number of aliphatic hydroxyl groups is 1. The fourth-order valence-electron chi connectivity index (χ4n) is 3.21. The summed E-state index contributed by atoms with van der Waals surface area (Å²) in [7, 11) is 0. The van der Waals surface area contributed by atoms with Crippen molar-refractivity contribution in [3.8, 4) is 0 Å². The summed E-state index contributed by atoms with van der Waals surface area (Å²) in [5.74, 6) is 0. The van der Waals surface area contributed by atoms with E-state index in [1.54, 1.807) is 0 Å². The molecule has 0 radical (unpaired) electrons. The number of hydrogen-bond donors (Lipinski definition) is 2. The third-order valence-electron chi connectivity index (χ3n) is 4.86. The van der Waals surface area contributed by atoms with Crippen molar-refractivity contribution in [3.63, 3.8) is 0 Å². The van der Waals surface area contributed by atoms with Crippen LogP contribution in [0.4, 0.5) is 0 Å². The Morgan fingerprint density at radius 3 is 2.18 bits per heavy atom. The minimum Gasteiger partial charge on any atom is -0.389 e. The van der Waals surface area contributed by atoms with Gasteiger partial charge in [-0.1, -0.05) is 33.1 Å². The Bertz CT molecular complexity index is 233. The number of nitrogens with one attached hydrogen (secondary N) is 1. The third-order valence-corrected chi connectivity index (χ3v) is 4.86. The zero-order valence-electron chi connectivity index (χ0n) is 11.6. The molecule has 0 amide bonds. The molecule has 2 aliphatic rings. The number of hydrogen-bond acceptors (Lipinski definition) is 2. The quantitative estimate of drug-likeness (QED) is 0.792. The summed E-state index contributed by atoms with van der Waals surface area (Å²) in [5.41, 5.74) is 0.0179. The SMILES string of the molecule is CC1(C)CCC(O)(CNC2CCCCC2)CC1. The molecular weight excluding hydrogens is 210 g/mol. The van der Waals surface area contributed by atoms with Crippen molar-refractivity contribution in [2.75, 3.05) is 6.54 Å². The molecule has 2 nitrogen and oxygen atoms in total. The Morgan fingerprint density at radius 1 is 1.00 bits per heavy atom. The summed E-state index contributed by atoms with van der Waals surface area (Å²) in [5, 5.41) is 14.2. The molecule has 2 heteroatoms. The van der Waals surface area contributed by atoms with E-state index in [4.69, 9.17) is 0 Å². The Morgan fingerprint density at radius 2 is 1.59 bits per heavy atom. The van der Waals surface area contributed by atoms with Gasteiger partial charge in [0.25, 0.3) is 0 Å². The van der Waals surface area contributed by atoms with Gasteiger partial charge in [0, 0.05) is 12.6 Å². The van der Waals surface area contributed by atoms with Crippen LogP contribution in [-0.2, 0) is 0 Å². The van der Waals surface area contributed by atoms with Crippen molar-refractivity contribution >= 4 is 0 Å². The average Bonchev–Trinajstić information content (AvgIpc) is 2.33. The van der Waals surface area contributed by atoms with E-state index in [-0.39, 0.29) is 0 Å². The molecular formula is C15H29NO. The molecule has 0 aromatic rings. The smallest absolute Gasteiger partial charge is 0.0772 e. The van der Waals surface area contributed by atoms with Crippen molar-refractivity contribution in [2.45, 2.75) is 83.3 Å². The van der Waals surface area contributed by atoms with Crippen LogP contribution in [0.3, 0.4) is 0 Å². The van der Waals surface area contributed by atoms with Crippen LogP contribution >= 0.6 is 0 Å². The molecule has 2 saturated carbocycles. The van der Waals surface area contributed by atoms with E-state index in [2.05, 4.69) is 19.2 Å². The van der Waals surface area contributed by atoms with E-state index in [1.807, 2.05) is 0 Å². The molecule has 17 heavy (non-hydrogen) atoms. The highest BCUT2D eigenvalue weighted by atomic mass is 16.3. The van der Waals surface area contributed by atoms with Crippen LogP contribution in [0.2, 0.25) is 0 Å². The molecule has 2 N–H and O–H groups in total. The first kappa shape index (κ1) is 13.4. The van der Waals surface area contributed by atoms with Crippen molar-refractivity contribution in [1.29, 1.82) is 0 Å². The first-order chi connectivity index (χ1) is 7.99. The Labute approximate surface area is 106 Å². The fourth-order valence-corrected chi connectivity index (χ4v) is 3.21. The van der Waals surface area contributed by atoms with Gasteiger partial charge in [-0.25, -0.2) is 0 Å². The van der Waals surface area contributed by atoms with Gasteiger partial charge in [0.05, 0.1) is 5.60 Å². The van der Waals surface area contributed by atoms with Crippen molar-refractivity contribution in [2.24, 2.45) is 5.41 Å². The maximum atomic E-state index is 10.6. The largest absolute Gasteiger partial charge is 0.389 e. The Balaban J connectivity index is 1.74. The summed E-state index contributed by atoms with van der Waals surface area (Å²) >= 11 is 0. The second kappa shape index (κ2) is 5.27. The van der Waals surface area contributed by atoms with Gasteiger partial charge < -0.3 is 10.4 Å². The van der Waals surface area contributed by atoms with Gasteiger partial charge in [-0.2, -0.15) is 0 Å². The molecule has 0 atom stereocenters. The van der Waals surface area contributed by atoms with Crippen LogP contribution in [0.15, 0.2) is 0 Å². The highest BCUT2D eigenvalue weighted by molar-refractivity contribution is 4.91. The highest BCUT2D eigenvalue weighted by Crippen LogP contribution is 2.39. The lowest BCUT2D eigenvalue weighted by atomic mass is 9.71. The predicted molar refractivity (Wildman–Crippen MR) is 72.1 cm³/mol. The molecule has 0 unspecified atom stereocenters.